The third-order valence-corrected chi connectivity index (χ3v) is 4.96. The minimum atomic E-state index is -0.0844. The first-order chi connectivity index (χ1) is 11.7. The summed E-state index contributed by atoms with van der Waals surface area (Å²) in [5.41, 5.74) is 3.78. The maximum absolute atomic E-state index is 12.5. The largest absolute Gasteiger partial charge is 0.321 e. The van der Waals surface area contributed by atoms with E-state index in [2.05, 4.69) is 53.5 Å². The molecule has 3 heteroatoms. The van der Waals surface area contributed by atoms with E-state index in [0.717, 1.165) is 21.2 Å². The number of benzene rings is 2. The van der Waals surface area contributed by atoms with Crippen molar-refractivity contribution >= 4 is 40.3 Å². The summed E-state index contributed by atoms with van der Waals surface area (Å²) in [5, 5.41) is 3.01. The number of halogens is 1. The monoisotopic (exact) mass is 433 g/mol. The maximum atomic E-state index is 12.5. The van der Waals surface area contributed by atoms with E-state index in [4.69, 9.17) is 0 Å². The Bertz CT molecular complexity index is 709. The molecule has 2 aromatic rings. The van der Waals surface area contributed by atoms with Gasteiger partial charge >= 0.3 is 0 Å². The van der Waals surface area contributed by atoms with Gasteiger partial charge in [-0.1, -0.05) is 57.0 Å². The number of amides is 1. The molecule has 0 radical (unpaired) electrons. The van der Waals surface area contributed by atoms with Gasteiger partial charge in [0.15, 0.2) is 0 Å². The predicted octanol–water partition coefficient (Wildman–Crippen LogP) is 6.31. The number of unbranched alkanes of at least 4 members (excludes halogenated alkanes) is 3. The van der Waals surface area contributed by atoms with E-state index in [1.54, 1.807) is 6.08 Å². The number of rotatable bonds is 8. The average Bonchev–Trinajstić information content (AvgIpc) is 2.60. The molecule has 0 heterocycles. The van der Waals surface area contributed by atoms with Crippen LogP contribution in [0.25, 0.3) is 6.08 Å². The van der Waals surface area contributed by atoms with Gasteiger partial charge in [-0.3, -0.25) is 4.79 Å². The summed E-state index contributed by atoms with van der Waals surface area (Å²) < 4.78 is 0.945. The van der Waals surface area contributed by atoms with Gasteiger partial charge in [0, 0.05) is 9.26 Å². The highest BCUT2D eigenvalue weighted by Gasteiger charge is 2.11. The molecule has 0 aromatic heterocycles. The van der Waals surface area contributed by atoms with Crippen molar-refractivity contribution in [2.24, 2.45) is 0 Å². The van der Waals surface area contributed by atoms with Gasteiger partial charge in [0.1, 0.15) is 0 Å². The van der Waals surface area contributed by atoms with Gasteiger partial charge in [-0.15, -0.1) is 0 Å². The zero-order chi connectivity index (χ0) is 17.4. The Labute approximate surface area is 158 Å². The fourth-order valence-electron chi connectivity index (χ4n) is 2.64. The second kappa shape index (κ2) is 9.62. The third-order valence-electron chi connectivity index (χ3n) is 4.02. The van der Waals surface area contributed by atoms with Gasteiger partial charge < -0.3 is 5.32 Å². The molecular formula is C21H24INO. The average molecular weight is 433 g/mol. The minimum absolute atomic E-state index is 0.0844. The lowest BCUT2D eigenvalue weighted by Gasteiger charge is -2.11. The highest BCUT2D eigenvalue weighted by molar-refractivity contribution is 14.1. The Hall–Kier alpha value is -1.62. The fraction of sp³-hybridized carbons (Fsp3) is 0.286. The molecule has 1 N–H and O–H groups in total. The van der Waals surface area contributed by atoms with E-state index in [1.807, 2.05) is 30.3 Å². The van der Waals surface area contributed by atoms with Gasteiger partial charge in [-0.25, -0.2) is 0 Å². The van der Waals surface area contributed by atoms with E-state index in [9.17, 15) is 4.79 Å². The lowest BCUT2D eigenvalue weighted by Crippen LogP contribution is -2.14. The third kappa shape index (κ3) is 5.20. The Morgan fingerprint density at radius 1 is 1.17 bits per heavy atom. The second-order valence-electron chi connectivity index (χ2n) is 5.87. The van der Waals surface area contributed by atoms with Gasteiger partial charge in [0.25, 0.3) is 5.91 Å². The van der Waals surface area contributed by atoms with Crippen molar-refractivity contribution < 1.29 is 4.79 Å². The quantitative estimate of drug-likeness (QED) is 0.384. The summed E-state index contributed by atoms with van der Waals surface area (Å²) in [6.07, 6.45) is 7.90. The van der Waals surface area contributed by atoms with Crippen LogP contribution in [-0.2, 0) is 6.42 Å². The number of aryl methyl sites for hydroxylation is 1. The first-order valence-corrected chi connectivity index (χ1v) is 9.54. The van der Waals surface area contributed by atoms with Crippen LogP contribution in [-0.4, -0.2) is 5.91 Å². The molecule has 0 aliphatic carbocycles. The van der Waals surface area contributed by atoms with Crippen molar-refractivity contribution in [2.75, 3.05) is 5.32 Å². The molecule has 0 aliphatic heterocycles. The molecule has 24 heavy (non-hydrogen) atoms. The van der Waals surface area contributed by atoms with E-state index in [-0.39, 0.29) is 5.91 Å². The van der Waals surface area contributed by atoms with Crippen LogP contribution < -0.4 is 5.32 Å². The number of carbonyl (C=O) groups is 1. The smallest absolute Gasteiger partial charge is 0.256 e. The van der Waals surface area contributed by atoms with Crippen LogP contribution in [0.2, 0.25) is 0 Å². The van der Waals surface area contributed by atoms with Crippen molar-refractivity contribution in [1.82, 2.24) is 0 Å². The molecule has 0 unspecified atom stereocenters. The highest BCUT2D eigenvalue weighted by atomic mass is 127. The molecule has 0 spiro atoms. The topological polar surface area (TPSA) is 29.1 Å². The fourth-order valence-corrected chi connectivity index (χ4v) is 3.27. The number of nitrogens with one attached hydrogen (secondary N) is 1. The molecule has 0 saturated carbocycles. The molecule has 0 atom stereocenters. The van der Waals surface area contributed by atoms with Crippen LogP contribution in [0.3, 0.4) is 0 Å². The second-order valence-corrected chi connectivity index (χ2v) is 7.03. The summed E-state index contributed by atoms with van der Waals surface area (Å²) in [6.45, 7) is 6.11. The molecule has 0 aliphatic rings. The van der Waals surface area contributed by atoms with E-state index in [0.29, 0.717) is 5.56 Å². The Morgan fingerprint density at radius 2 is 1.96 bits per heavy atom. The molecule has 0 saturated heterocycles. The predicted molar refractivity (Wildman–Crippen MR) is 111 cm³/mol. The normalized spacial score (nSPS) is 10.4. The summed E-state index contributed by atoms with van der Waals surface area (Å²) in [5.74, 6) is -0.0844. The van der Waals surface area contributed by atoms with Crippen LogP contribution in [0, 0.1) is 3.57 Å². The summed E-state index contributed by atoms with van der Waals surface area (Å²) in [7, 11) is 0. The van der Waals surface area contributed by atoms with Crippen molar-refractivity contribution in [3.63, 3.8) is 0 Å². The first kappa shape index (κ1) is 18.7. The molecule has 1 amide bonds. The number of anilines is 1. The summed E-state index contributed by atoms with van der Waals surface area (Å²) in [4.78, 5) is 12.5. The lowest BCUT2D eigenvalue weighted by atomic mass is 10.0. The van der Waals surface area contributed by atoms with Crippen LogP contribution in [0.1, 0.15) is 54.1 Å². The molecule has 2 rings (SSSR count). The standard InChI is InChI=1S/C21H24INO/c1-3-5-6-7-10-16-13-14-20(17(4-2)15-16)23-21(24)18-11-8-9-12-19(18)22/h4,8-9,11-15H,2-3,5-7,10H2,1H3,(H,23,24). The minimum Gasteiger partial charge on any atom is -0.321 e. The van der Waals surface area contributed by atoms with E-state index >= 15 is 0 Å². The SMILES string of the molecule is C=Cc1cc(CCCCCC)ccc1NC(=O)c1ccccc1I. The Kier molecular flexibility index (Phi) is 7.50. The molecule has 0 bridgehead atoms. The number of hydrogen-bond donors (Lipinski definition) is 1. The highest BCUT2D eigenvalue weighted by Crippen LogP contribution is 2.22. The van der Waals surface area contributed by atoms with E-state index < -0.39 is 0 Å². The van der Waals surface area contributed by atoms with Crippen LogP contribution in [0.4, 0.5) is 5.69 Å². The molecule has 2 aromatic carbocycles. The zero-order valence-electron chi connectivity index (χ0n) is 14.1. The molecular weight excluding hydrogens is 409 g/mol. The molecule has 126 valence electrons. The van der Waals surface area contributed by atoms with Crippen LogP contribution in [0.5, 0.6) is 0 Å². The molecule has 0 fully saturated rings. The van der Waals surface area contributed by atoms with Gasteiger partial charge in [-0.2, -0.15) is 0 Å². The van der Waals surface area contributed by atoms with Crippen molar-refractivity contribution in [2.45, 2.75) is 39.0 Å². The van der Waals surface area contributed by atoms with E-state index in [1.165, 1.54) is 31.2 Å². The van der Waals surface area contributed by atoms with Crippen molar-refractivity contribution in [3.05, 3.63) is 69.3 Å². The maximum Gasteiger partial charge on any atom is 0.256 e. The summed E-state index contributed by atoms with van der Waals surface area (Å²) >= 11 is 2.18. The number of carbonyl (C=O) groups excluding carboxylic acids is 1. The van der Waals surface area contributed by atoms with Gasteiger partial charge in [0.2, 0.25) is 0 Å². The lowest BCUT2D eigenvalue weighted by molar-refractivity contribution is 0.102. The zero-order valence-corrected chi connectivity index (χ0v) is 16.3. The van der Waals surface area contributed by atoms with Crippen molar-refractivity contribution in [1.29, 1.82) is 0 Å². The number of hydrogen-bond acceptors (Lipinski definition) is 1. The Balaban J connectivity index is 2.09. The first-order valence-electron chi connectivity index (χ1n) is 8.47. The van der Waals surface area contributed by atoms with Crippen molar-refractivity contribution in [3.8, 4) is 0 Å². The van der Waals surface area contributed by atoms with Crippen LogP contribution in [0.15, 0.2) is 49.0 Å². The molecule has 2 nitrogen and oxygen atoms in total. The Morgan fingerprint density at radius 3 is 2.67 bits per heavy atom. The van der Waals surface area contributed by atoms with Gasteiger partial charge in [-0.05, 0) is 70.8 Å². The van der Waals surface area contributed by atoms with Crippen LogP contribution >= 0.6 is 22.6 Å². The summed E-state index contributed by atoms with van der Waals surface area (Å²) in [6, 6.07) is 13.8. The van der Waals surface area contributed by atoms with Gasteiger partial charge in [0.05, 0.1) is 5.56 Å².